The topological polar surface area (TPSA) is 99.9 Å². The summed E-state index contributed by atoms with van der Waals surface area (Å²) in [5.74, 6) is 0. The van der Waals surface area contributed by atoms with Gasteiger partial charge >= 0.3 is 0 Å². The van der Waals surface area contributed by atoms with Gasteiger partial charge < -0.3 is 43.6 Å². The Morgan fingerprint density at radius 1 is 0.429 bits per heavy atom. The van der Waals surface area contributed by atoms with E-state index in [4.69, 9.17) is 43.6 Å². The zero-order chi connectivity index (χ0) is 20.5. The van der Waals surface area contributed by atoms with Crippen LogP contribution in [0.25, 0.3) is 0 Å². The first kappa shape index (κ1) is 27.6. The molecule has 9 nitrogen and oxygen atoms in total. The van der Waals surface area contributed by atoms with E-state index in [0.717, 1.165) is 0 Å². The van der Waals surface area contributed by atoms with Crippen molar-refractivity contribution in [3.05, 3.63) is 0 Å². The summed E-state index contributed by atoms with van der Waals surface area (Å²) in [7, 11) is 0. The van der Waals surface area contributed by atoms with E-state index >= 15 is 0 Å². The van der Waals surface area contributed by atoms with E-state index in [1.165, 1.54) is 0 Å². The first-order valence-electron chi connectivity index (χ1n) is 10.1. The molecule has 0 radical (unpaired) electrons. The summed E-state index contributed by atoms with van der Waals surface area (Å²) < 4.78 is 42.9. The largest absolute Gasteiger partial charge is 0.378 e. The lowest BCUT2D eigenvalue weighted by atomic mass is 10.5. The Morgan fingerprint density at radius 2 is 0.679 bits per heavy atom. The van der Waals surface area contributed by atoms with Gasteiger partial charge in [0.1, 0.15) is 0 Å². The molecule has 0 bridgehead atoms. The molecule has 0 aromatic carbocycles. The molecule has 0 aromatic heterocycles. The Morgan fingerprint density at radius 3 is 0.929 bits per heavy atom. The van der Waals surface area contributed by atoms with Crippen molar-refractivity contribution in [2.24, 2.45) is 5.73 Å². The SMILES string of the molecule is CC(C)OCCOCCOCCOCCOCCOCCOCCOCCN. The Balaban J connectivity index is 2.98. The average Bonchev–Trinajstić information content (AvgIpc) is 2.68. The van der Waals surface area contributed by atoms with Crippen molar-refractivity contribution in [2.75, 3.05) is 106 Å². The quantitative estimate of drug-likeness (QED) is 0.227. The van der Waals surface area contributed by atoms with Crippen LogP contribution in [0.15, 0.2) is 0 Å². The second-order valence-corrected chi connectivity index (χ2v) is 5.99. The number of nitrogens with two attached hydrogens (primary N) is 1. The maximum Gasteiger partial charge on any atom is 0.0703 e. The molecule has 28 heavy (non-hydrogen) atoms. The molecule has 0 fully saturated rings. The predicted molar refractivity (Wildman–Crippen MR) is 106 cm³/mol. The summed E-state index contributed by atoms with van der Waals surface area (Å²) in [4.78, 5) is 0. The van der Waals surface area contributed by atoms with Crippen molar-refractivity contribution < 1.29 is 37.9 Å². The number of ether oxygens (including phenoxy) is 8. The van der Waals surface area contributed by atoms with E-state index in [1.807, 2.05) is 13.8 Å². The summed E-state index contributed by atoms with van der Waals surface area (Å²) >= 11 is 0. The fraction of sp³-hybridized carbons (Fsp3) is 1.00. The molecule has 170 valence electrons. The molecule has 0 atom stereocenters. The lowest BCUT2D eigenvalue weighted by molar-refractivity contribution is -0.0254. The second kappa shape index (κ2) is 24.7. The molecule has 0 rings (SSSR count). The fourth-order valence-corrected chi connectivity index (χ4v) is 1.85. The summed E-state index contributed by atoms with van der Waals surface area (Å²) in [6.07, 6.45) is 0.241. The maximum atomic E-state index is 5.41. The summed E-state index contributed by atoms with van der Waals surface area (Å²) in [6, 6.07) is 0. The highest BCUT2D eigenvalue weighted by Gasteiger charge is 1.95. The van der Waals surface area contributed by atoms with Gasteiger partial charge in [-0.25, -0.2) is 0 Å². The van der Waals surface area contributed by atoms with Crippen LogP contribution in [0.3, 0.4) is 0 Å². The predicted octanol–water partition coefficient (Wildman–Crippen LogP) is 0.486. The van der Waals surface area contributed by atoms with E-state index in [-0.39, 0.29) is 6.10 Å². The van der Waals surface area contributed by atoms with Crippen molar-refractivity contribution in [3.8, 4) is 0 Å². The first-order chi connectivity index (χ1) is 13.8. The fourth-order valence-electron chi connectivity index (χ4n) is 1.85. The third kappa shape index (κ3) is 25.6. The van der Waals surface area contributed by atoms with Gasteiger partial charge in [-0.1, -0.05) is 0 Å². The van der Waals surface area contributed by atoms with Gasteiger partial charge in [0, 0.05) is 6.54 Å². The standard InChI is InChI=1S/C19H41NO8/c1-19(2)28-18-17-27-16-15-26-14-13-25-12-11-24-10-9-23-8-7-22-6-5-21-4-3-20/h19H,3-18,20H2,1-2H3. The van der Waals surface area contributed by atoms with Gasteiger partial charge in [0.15, 0.2) is 0 Å². The van der Waals surface area contributed by atoms with Crippen LogP contribution >= 0.6 is 0 Å². The highest BCUT2D eigenvalue weighted by molar-refractivity contribution is 4.39. The van der Waals surface area contributed by atoms with Crippen LogP contribution in [0.5, 0.6) is 0 Å². The van der Waals surface area contributed by atoms with E-state index in [1.54, 1.807) is 0 Å². The lowest BCUT2D eigenvalue weighted by Gasteiger charge is -2.09. The van der Waals surface area contributed by atoms with Gasteiger partial charge in [-0.15, -0.1) is 0 Å². The molecule has 0 amide bonds. The van der Waals surface area contributed by atoms with Crippen LogP contribution in [0.2, 0.25) is 0 Å². The molecule has 0 spiro atoms. The van der Waals surface area contributed by atoms with Crippen molar-refractivity contribution in [1.82, 2.24) is 0 Å². The van der Waals surface area contributed by atoms with Crippen LogP contribution in [0.1, 0.15) is 13.8 Å². The number of hydrogen-bond donors (Lipinski definition) is 1. The molecule has 0 aliphatic heterocycles. The summed E-state index contributed by atoms with van der Waals surface area (Å²) in [5, 5.41) is 0. The summed E-state index contributed by atoms with van der Waals surface area (Å²) in [6.45, 7) is 12.9. The monoisotopic (exact) mass is 411 g/mol. The molecule has 2 N–H and O–H groups in total. The second-order valence-electron chi connectivity index (χ2n) is 5.99. The third-order valence-electron chi connectivity index (χ3n) is 3.17. The molecule has 0 unspecified atom stereocenters. The Bertz CT molecular complexity index is 285. The van der Waals surface area contributed by atoms with Gasteiger partial charge in [-0.05, 0) is 13.8 Å². The molecule has 0 heterocycles. The Kier molecular flexibility index (Phi) is 24.4. The maximum absolute atomic E-state index is 5.41. The van der Waals surface area contributed by atoms with Crippen molar-refractivity contribution in [3.63, 3.8) is 0 Å². The summed E-state index contributed by atoms with van der Waals surface area (Å²) in [5.41, 5.74) is 5.31. The molecule has 0 saturated carbocycles. The van der Waals surface area contributed by atoms with Crippen molar-refractivity contribution in [1.29, 1.82) is 0 Å². The minimum absolute atomic E-state index is 0.241. The molecule has 0 saturated heterocycles. The minimum Gasteiger partial charge on any atom is -0.378 e. The van der Waals surface area contributed by atoms with Crippen LogP contribution in [-0.4, -0.2) is 112 Å². The average molecular weight is 412 g/mol. The highest BCUT2D eigenvalue weighted by Crippen LogP contribution is 1.88. The zero-order valence-electron chi connectivity index (χ0n) is 17.7. The van der Waals surface area contributed by atoms with E-state index in [0.29, 0.717) is 106 Å². The van der Waals surface area contributed by atoms with Gasteiger partial charge in [0.25, 0.3) is 0 Å². The van der Waals surface area contributed by atoms with Gasteiger partial charge in [0.2, 0.25) is 0 Å². The molecule has 0 aliphatic rings. The van der Waals surface area contributed by atoms with Crippen LogP contribution < -0.4 is 5.73 Å². The number of rotatable bonds is 24. The Hall–Kier alpha value is -0.360. The first-order valence-corrected chi connectivity index (χ1v) is 10.1. The Labute approximate surface area is 170 Å². The van der Waals surface area contributed by atoms with Crippen LogP contribution in [-0.2, 0) is 37.9 Å². The van der Waals surface area contributed by atoms with Gasteiger partial charge in [-0.3, -0.25) is 0 Å². The number of hydrogen-bond acceptors (Lipinski definition) is 9. The van der Waals surface area contributed by atoms with Crippen LogP contribution in [0, 0.1) is 0 Å². The third-order valence-corrected chi connectivity index (χ3v) is 3.17. The van der Waals surface area contributed by atoms with E-state index in [2.05, 4.69) is 0 Å². The highest BCUT2D eigenvalue weighted by atomic mass is 16.6. The molecule has 0 aromatic rings. The van der Waals surface area contributed by atoms with Crippen molar-refractivity contribution >= 4 is 0 Å². The lowest BCUT2D eigenvalue weighted by Crippen LogP contribution is -2.15. The van der Waals surface area contributed by atoms with E-state index < -0.39 is 0 Å². The molecule has 9 heteroatoms. The molecule has 0 aliphatic carbocycles. The normalized spacial score (nSPS) is 11.6. The van der Waals surface area contributed by atoms with Gasteiger partial charge in [-0.2, -0.15) is 0 Å². The minimum atomic E-state index is 0.241. The van der Waals surface area contributed by atoms with Crippen molar-refractivity contribution in [2.45, 2.75) is 20.0 Å². The smallest absolute Gasteiger partial charge is 0.0703 e. The van der Waals surface area contributed by atoms with Gasteiger partial charge in [0.05, 0.1) is 105 Å². The van der Waals surface area contributed by atoms with Crippen LogP contribution in [0.4, 0.5) is 0 Å². The molecular formula is C19H41NO8. The zero-order valence-corrected chi connectivity index (χ0v) is 17.7. The van der Waals surface area contributed by atoms with E-state index in [9.17, 15) is 0 Å². The molecular weight excluding hydrogens is 370 g/mol.